The van der Waals surface area contributed by atoms with Gasteiger partial charge in [-0.1, -0.05) is 50.2 Å². The summed E-state index contributed by atoms with van der Waals surface area (Å²) in [7, 11) is 2.00. The average Bonchev–Trinajstić information content (AvgIpc) is 3.38. The van der Waals surface area contributed by atoms with E-state index in [4.69, 9.17) is 0 Å². The van der Waals surface area contributed by atoms with Crippen LogP contribution in [0.5, 0.6) is 5.75 Å². The van der Waals surface area contributed by atoms with Gasteiger partial charge in [-0.2, -0.15) is 0 Å². The second-order valence-electron chi connectivity index (χ2n) is 11.6. The zero-order valence-corrected chi connectivity index (χ0v) is 23.4. The first kappa shape index (κ1) is 26.7. The van der Waals surface area contributed by atoms with Gasteiger partial charge in [0.15, 0.2) is 0 Å². The molecule has 0 bridgehead atoms. The molecule has 0 unspecified atom stereocenters. The number of rotatable bonds is 5. The molecule has 9 nitrogen and oxygen atoms in total. The molecule has 3 aliphatic heterocycles. The van der Waals surface area contributed by atoms with Gasteiger partial charge < -0.3 is 15.3 Å². The van der Waals surface area contributed by atoms with Crippen LogP contribution in [-0.2, 0) is 19.8 Å². The zero-order chi connectivity index (χ0) is 29.1. The number of likely N-dealkylation sites (N-methyl/N-ethyl adjacent to an activating group) is 1. The van der Waals surface area contributed by atoms with Gasteiger partial charge in [0.1, 0.15) is 13.1 Å². The molecular formula is C32H33N4O5+. The minimum atomic E-state index is -0.371. The van der Waals surface area contributed by atoms with Gasteiger partial charge in [0.25, 0.3) is 22.6 Å². The predicted octanol–water partition coefficient (Wildman–Crippen LogP) is 1.77. The largest absolute Gasteiger partial charge is 0.502 e. The van der Waals surface area contributed by atoms with Gasteiger partial charge in [0.05, 0.1) is 11.3 Å². The second kappa shape index (κ2) is 9.83. The molecule has 0 atom stereocenters. The van der Waals surface area contributed by atoms with Crippen molar-refractivity contribution in [3.8, 4) is 5.75 Å². The summed E-state index contributed by atoms with van der Waals surface area (Å²) in [6.45, 7) is 5.54. The minimum absolute atomic E-state index is 0.00368. The fourth-order valence-electron chi connectivity index (χ4n) is 6.50. The number of carbonyl (C=O) groups is 3. The third-order valence-corrected chi connectivity index (χ3v) is 8.85. The van der Waals surface area contributed by atoms with E-state index in [0.717, 1.165) is 27.1 Å². The first-order chi connectivity index (χ1) is 19.6. The standard InChI is InChI=1S/C32H32N4O5/c1-32(2)23-9-8-19-6-4-5-7-21(19)27(23)34(3)24(32)18-22-29(39)28(30(22)40)35-15-12-20(13-16-35)31(41)33-14-17-36-25(37)10-11-26(36)38/h4-11,18,20H,12-17H2,1-3H3,(H-,33,39,40,41)/p+1. The number of hydrogen-bond donors (Lipinski definition) is 2. The van der Waals surface area contributed by atoms with Gasteiger partial charge in [-0.3, -0.25) is 24.1 Å². The molecule has 1 saturated heterocycles. The normalized spacial score (nSPS) is 21.0. The van der Waals surface area contributed by atoms with Crippen molar-refractivity contribution < 1.29 is 19.5 Å². The van der Waals surface area contributed by atoms with Crippen molar-refractivity contribution >= 4 is 40.3 Å². The van der Waals surface area contributed by atoms with Gasteiger partial charge in [0, 0.05) is 67.5 Å². The molecule has 3 aromatic carbocycles. The van der Waals surface area contributed by atoms with Crippen LogP contribution in [0.3, 0.4) is 0 Å². The number of piperidine rings is 1. The minimum Gasteiger partial charge on any atom is -0.502 e. The van der Waals surface area contributed by atoms with E-state index in [1.165, 1.54) is 17.7 Å². The van der Waals surface area contributed by atoms with E-state index in [1.807, 2.05) is 29.8 Å². The molecule has 0 aliphatic carbocycles. The molecule has 0 radical (unpaired) electrons. The summed E-state index contributed by atoms with van der Waals surface area (Å²) in [6, 6.07) is 12.5. The van der Waals surface area contributed by atoms with E-state index in [-0.39, 0.29) is 53.3 Å². The molecule has 6 rings (SSSR count). The highest BCUT2D eigenvalue weighted by Gasteiger charge is 2.41. The number of imide groups is 1. The van der Waals surface area contributed by atoms with Crippen LogP contribution in [0.1, 0.15) is 37.8 Å². The van der Waals surface area contributed by atoms with E-state index >= 15 is 0 Å². The lowest BCUT2D eigenvalue weighted by Crippen LogP contribution is -2.50. The highest BCUT2D eigenvalue weighted by molar-refractivity contribution is 6.12. The number of nitrogens with one attached hydrogen (secondary N) is 1. The molecule has 2 N–H and O–H groups in total. The lowest BCUT2D eigenvalue weighted by atomic mass is 9.82. The Morgan fingerprint density at radius 2 is 1.76 bits per heavy atom. The molecule has 0 saturated carbocycles. The SMILES string of the molecule is CN1C(=Cc2c(O)c(=[N+]3CCC(C(=O)NCCN4C(=O)C=CC4=O)CC3)c2=O)C(C)(C)c2ccc3ccccc3c21. The number of anilines is 1. The summed E-state index contributed by atoms with van der Waals surface area (Å²) < 4.78 is 1.86. The Labute approximate surface area is 237 Å². The lowest BCUT2D eigenvalue weighted by Gasteiger charge is -2.24. The van der Waals surface area contributed by atoms with Crippen molar-refractivity contribution in [2.45, 2.75) is 32.1 Å². The number of carbonyl (C=O) groups excluding carboxylic acids is 3. The number of benzene rings is 2. The quantitative estimate of drug-likeness (QED) is 0.368. The van der Waals surface area contributed by atoms with E-state index in [2.05, 4.69) is 48.3 Å². The summed E-state index contributed by atoms with van der Waals surface area (Å²) in [5.41, 5.74) is 3.02. The van der Waals surface area contributed by atoms with Crippen molar-refractivity contribution in [2.75, 3.05) is 38.1 Å². The molecule has 1 fully saturated rings. The molecule has 0 aromatic heterocycles. The number of fused-ring (bicyclic) bond motifs is 3. The maximum absolute atomic E-state index is 13.3. The Kier molecular flexibility index (Phi) is 6.40. The van der Waals surface area contributed by atoms with Crippen LogP contribution in [-0.4, -0.2) is 61.0 Å². The molecular weight excluding hydrogens is 520 g/mol. The summed E-state index contributed by atoms with van der Waals surface area (Å²) in [4.78, 5) is 52.5. The van der Waals surface area contributed by atoms with Gasteiger partial charge in [0.2, 0.25) is 11.7 Å². The topological polar surface area (TPSA) is 110 Å². The summed E-state index contributed by atoms with van der Waals surface area (Å²) in [5.74, 6) is -1.11. The van der Waals surface area contributed by atoms with E-state index < -0.39 is 0 Å². The summed E-state index contributed by atoms with van der Waals surface area (Å²) >= 11 is 0. The van der Waals surface area contributed by atoms with Crippen LogP contribution in [0.2, 0.25) is 0 Å². The molecule has 210 valence electrons. The fourth-order valence-corrected chi connectivity index (χ4v) is 6.50. The third kappa shape index (κ3) is 4.27. The van der Waals surface area contributed by atoms with Crippen molar-refractivity contribution in [1.82, 2.24) is 14.8 Å². The number of allylic oxidation sites excluding steroid dienone is 1. The Bertz CT molecular complexity index is 1740. The van der Waals surface area contributed by atoms with Crippen molar-refractivity contribution in [1.29, 1.82) is 0 Å². The van der Waals surface area contributed by atoms with Crippen LogP contribution >= 0.6 is 0 Å². The predicted molar refractivity (Wildman–Crippen MR) is 157 cm³/mol. The van der Waals surface area contributed by atoms with E-state index in [9.17, 15) is 24.3 Å². The van der Waals surface area contributed by atoms with Gasteiger partial charge in [-0.25, -0.2) is 4.58 Å². The monoisotopic (exact) mass is 553 g/mol. The van der Waals surface area contributed by atoms with Crippen molar-refractivity contribution in [3.05, 3.63) is 81.0 Å². The van der Waals surface area contributed by atoms with Crippen molar-refractivity contribution in [3.63, 3.8) is 0 Å². The maximum Gasteiger partial charge on any atom is 0.291 e. The van der Waals surface area contributed by atoms with Gasteiger partial charge >= 0.3 is 0 Å². The molecule has 0 spiro atoms. The van der Waals surface area contributed by atoms with Crippen molar-refractivity contribution in [2.24, 2.45) is 5.92 Å². The lowest BCUT2D eigenvalue weighted by molar-refractivity contribution is -0.137. The molecule has 3 aromatic rings. The number of aromatic hydroxyl groups is 1. The average molecular weight is 554 g/mol. The summed E-state index contributed by atoms with van der Waals surface area (Å²) in [5, 5.41) is 16.4. The van der Waals surface area contributed by atoms with Crippen LogP contribution in [0.4, 0.5) is 5.69 Å². The molecule has 9 heteroatoms. The van der Waals surface area contributed by atoms with Crippen LogP contribution in [0.15, 0.2) is 59.0 Å². The zero-order valence-electron chi connectivity index (χ0n) is 23.4. The molecule has 41 heavy (non-hydrogen) atoms. The number of amides is 3. The van der Waals surface area contributed by atoms with E-state index in [0.29, 0.717) is 36.9 Å². The maximum atomic E-state index is 13.3. The first-order valence-corrected chi connectivity index (χ1v) is 14.0. The first-order valence-electron chi connectivity index (χ1n) is 14.0. The number of nitrogens with zero attached hydrogens (tertiary/aromatic N) is 3. The molecule has 3 heterocycles. The third-order valence-electron chi connectivity index (χ3n) is 8.85. The highest BCUT2D eigenvalue weighted by Crippen LogP contribution is 2.50. The van der Waals surface area contributed by atoms with Crippen LogP contribution < -0.4 is 25.6 Å². The van der Waals surface area contributed by atoms with E-state index in [1.54, 1.807) is 0 Å². The number of hydrogen-bond acceptors (Lipinski definition) is 6. The Morgan fingerprint density at radius 1 is 1.07 bits per heavy atom. The molecule has 3 amide bonds. The molecule has 3 aliphatic rings. The second-order valence-corrected chi connectivity index (χ2v) is 11.6. The van der Waals surface area contributed by atoms with Gasteiger partial charge in [-0.05, 0) is 17.0 Å². The highest BCUT2D eigenvalue weighted by atomic mass is 16.3. The Hall–Kier alpha value is -4.53. The summed E-state index contributed by atoms with van der Waals surface area (Å²) in [6.07, 6.45) is 5.33. The van der Waals surface area contributed by atoms with Crippen LogP contribution in [0.25, 0.3) is 16.8 Å². The fraction of sp³-hybridized carbons (Fsp3) is 0.344. The van der Waals surface area contributed by atoms with Crippen LogP contribution in [0, 0.1) is 5.92 Å². The Balaban J connectivity index is 1.16. The van der Waals surface area contributed by atoms with Gasteiger partial charge in [-0.15, -0.1) is 0 Å². The smallest absolute Gasteiger partial charge is 0.291 e. The Morgan fingerprint density at radius 3 is 2.44 bits per heavy atom.